The van der Waals surface area contributed by atoms with Gasteiger partial charge in [0.25, 0.3) is 0 Å². The molecule has 3 N–H and O–H groups in total. The van der Waals surface area contributed by atoms with Crippen molar-refractivity contribution in [2.24, 2.45) is 0 Å². The minimum atomic E-state index is -4.64. The first-order valence-electron chi connectivity index (χ1n) is 0.783. The zero-order valence-corrected chi connectivity index (χ0v) is 4.94. The molecule has 0 aromatic carbocycles. The normalized spacial score (nSPS) is 7.38. The first-order chi connectivity index (χ1) is 2.00. The van der Waals surface area contributed by atoms with Gasteiger partial charge in [-0.1, -0.05) is 0 Å². The van der Waals surface area contributed by atoms with Crippen LogP contribution in [0.3, 0.4) is 0 Å². The SMILES string of the molecule is O=P(O)(O)O.[AlH3].[LiH].[V]. The maximum absolute atomic E-state index is 8.88. The second-order valence-corrected chi connectivity index (χ2v) is 1.54. The van der Waals surface area contributed by atoms with E-state index in [4.69, 9.17) is 19.2 Å². The molecule has 0 heterocycles. The predicted molar refractivity (Wildman–Crippen MR) is 31.4 cm³/mol. The first-order valence-corrected chi connectivity index (χ1v) is 2.35. The summed E-state index contributed by atoms with van der Waals surface area (Å²) >= 11 is 0. The van der Waals surface area contributed by atoms with E-state index in [-0.39, 0.29) is 54.8 Å². The van der Waals surface area contributed by atoms with Gasteiger partial charge in [-0.3, -0.25) is 0 Å². The van der Waals surface area contributed by atoms with Gasteiger partial charge >= 0.3 is 26.7 Å². The van der Waals surface area contributed by atoms with Gasteiger partial charge in [0.2, 0.25) is 0 Å². The summed E-state index contributed by atoms with van der Waals surface area (Å²) in [6.45, 7) is 0. The number of hydrogen-bond acceptors (Lipinski definition) is 1. The van der Waals surface area contributed by atoms with Crippen LogP contribution < -0.4 is 0 Å². The average Bonchev–Trinajstić information content (AvgIpc) is 0.722. The monoisotopic (exact) mass is 187 g/mol. The predicted octanol–water partition coefficient (Wildman–Crippen LogP) is -2.76. The van der Waals surface area contributed by atoms with Crippen LogP contribution in [0.2, 0.25) is 0 Å². The molecule has 0 aromatic heterocycles. The molecule has 0 spiro atoms. The largest absolute Gasteiger partial charge is 0 e. The number of rotatable bonds is 0. The van der Waals surface area contributed by atoms with E-state index >= 15 is 0 Å². The second-order valence-electron chi connectivity index (χ2n) is 0.513. The molecule has 8 heavy (non-hydrogen) atoms. The maximum Gasteiger partial charge on any atom is 0 e. The van der Waals surface area contributed by atoms with E-state index in [2.05, 4.69) is 0 Å². The molecule has 0 rings (SSSR count). The molecule has 0 aliphatic heterocycles. The molecule has 0 saturated carbocycles. The van der Waals surface area contributed by atoms with Crippen molar-refractivity contribution in [3.05, 3.63) is 0 Å². The summed E-state index contributed by atoms with van der Waals surface area (Å²) < 4.78 is 8.88. The smallest absolute Gasteiger partial charge is 0 e. The molecule has 0 bridgehead atoms. The van der Waals surface area contributed by atoms with Crippen molar-refractivity contribution in [3.8, 4) is 0 Å². The molecular weight excluding hydrogens is 180 g/mol. The minimum Gasteiger partial charge on any atom is 0 e. The molecule has 45 valence electrons. The Morgan fingerprint density at radius 1 is 1.12 bits per heavy atom. The topological polar surface area (TPSA) is 77.8 Å². The van der Waals surface area contributed by atoms with E-state index in [0.717, 1.165) is 0 Å². The van der Waals surface area contributed by atoms with E-state index in [1.807, 2.05) is 0 Å². The van der Waals surface area contributed by atoms with Gasteiger partial charge in [-0.2, -0.15) is 0 Å². The van der Waals surface area contributed by atoms with Crippen molar-refractivity contribution < 1.29 is 37.8 Å². The van der Waals surface area contributed by atoms with E-state index in [1.165, 1.54) is 0 Å². The Morgan fingerprint density at radius 3 is 1.12 bits per heavy atom. The van der Waals surface area contributed by atoms with Crippen molar-refractivity contribution in [2.75, 3.05) is 0 Å². The standard InChI is InChI=1S/Al.Li.H3O4P.V.4H/c;;1-5(2,3)4;;;;;/h;;(H3,1,2,3,4);;;;;. The van der Waals surface area contributed by atoms with E-state index < -0.39 is 7.82 Å². The zero-order chi connectivity index (χ0) is 4.50. The van der Waals surface area contributed by atoms with Gasteiger partial charge in [0.05, 0.1) is 0 Å². The van der Waals surface area contributed by atoms with Crippen molar-refractivity contribution in [1.82, 2.24) is 0 Å². The Balaban J connectivity index is -0.0000000267. The summed E-state index contributed by atoms with van der Waals surface area (Å²) in [7, 11) is -4.64. The summed E-state index contributed by atoms with van der Waals surface area (Å²) in [5.74, 6) is 0. The fourth-order valence-corrected chi connectivity index (χ4v) is 0. The molecule has 0 aliphatic carbocycles. The van der Waals surface area contributed by atoms with Crippen LogP contribution in [0.25, 0.3) is 0 Å². The van der Waals surface area contributed by atoms with Crippen molar-refractivity contribution in [3.63, 3.8) is 0 Å². The van der Waals surface area contributed by atoms with Gasteiger partial charge in [0.15, 0.2) is 17.4 Å². The summed E-state index contributed by atoms with van der Waals surface area (Å²) in [5.41, 5.74) is 0. The van der Waals surface area contributed by atoms with Crippen molar-refractivity contribution in [1.29, 1.82) is 0 Å². The van der Waals surface area contributed by atoms with E-state index in [1.54, 1.807) is 0 Å². The van der Waals surface area contributed by atoms with Crippen LogP contribution >= 0.6 is 7.82 Å². The molecule has 0 amide bonds. The van der Waals surface area contributed by atoms with Crippen LogP contribution in [0.4, 0.5) is 0 Å². The molecular formula is H7AlLiO4PV. The Labute approximate surface area is 81.5 Å². The summed E-state index contributed by atoms with van der Waals surface area (Å²) in [5, 5.41) is 0. The third-order valence-electron chi connectivity index (χ3n) is 0. The first kappa shape index (κ1) is 22.6. The fraction of sp³-hybridized carbons (Fsp3) is 0. The second kappa shape index (κ2) is 8.82. The molecule has 0 aliphatic rings. The van der Waals surface area contributed by atoms with Gasteiger partial charge in [-0.15, -0.1) is 0 Å². The van der Waals surface area contributed by atoms with E-state index in [0.29, 0.717) is 0 Å². The van der Waals surface area contributed by atoms with Crippen LogP contribution in [0.15, 0.2) is 0 Å². The Morgan fingerprint density at radius 2 is 1.12 bits per heavy atom. The van der Waals surface area contributed by atoms with Gasteiger partial charge in [-0.05, 0) is 0 Å². The van der Waals surface area contributed by atoms with Crippen LogP contribution in [-0.2, 0) is 23.1 Å². The zero-order valence-electron chi connectivity index (χ0n) is 2.64. The molecule has 8 heteroatoms. The minimum absolute atomic E-state index is 0. The Hall–Kier alpha value is 1.82. The van der Waals surface area contributed by atoms with Crippen LogP contribution in [0.5, 0.6) is 0 Å². The molecule has 0 saturated heterocycles. The third-order valence-corrected chi connectivity index (χ3v) is 0. The Kier molecular flexibility index (Phi) is 24.9. The van der Waals surface area contributed by atoms with Crippen molar-refractivity contribution >= 4 is 44.0 Å². The molecule has 0 atom stereocenters. The Bertz CT molecular complexity index is 62.2. The maximum atomic E-state index is 8.88. The quantitative estimate of drug-likeness (QED) is 0.283. The van der Waals surface area contributed by atoms with Gasteiger partial charge in [-0.25, -0.2) is 4.57 Å². The summed E-state index contributed by atoms with van der Waals surface area (Å²) in [6, 6.07) is 0. The van der Waals surface area contributed by atoms with Gasteiger partial charge in [0.1, 0.15) is 0 Å². The average molecular weight is 187 g/mol. The fourth-order valence-electron chi connectivity index (χ4n) is 0. The summed E-state index contributed by atoms with van der Waals surface area (Å²) in [6.07, 6.45) is 0. The molecule has 4 nitrogen and oxygen atoms in total. The number of phosphoric acid groups is 1. The number of hydrogen-bond donors (Lipinski definition) is 3. The molecule has 0 fully saturated rings. The molecule has 1 radical (unpaired) electrons. The van der Waals surface area contributed by atoms with Crippen molar-refractivity contribution in [2.45, 2.75) is 0 Å². The molecule has 0 aromatic rings. The van der Waals surface area contributed by atoms with E-state index in [9.17, 15) is 0 Å². The summed E-state index contributed by atoms with van der Waals surface area (Å²) in [4.78, 5) is 21.6. The third kappa shape index (κ3) is 109. The van der Waals surface area contributed by atoms with Crippen LogP contribution in [0, 0.1) is 0 Å². The van der Waals surface area contributed by atoms with Gasteiger partial charge in [0, 0.05) is 18.6 Å². The van der Waals surface area contributed by atoms with Crippen LogP contribution in [0.1, 0.15) is 0 Å². The van der Waals surface area contributed by atoms with Crippen LogP contribution in [-0.4, -0.2) is 50.9 Å². The molecule has 0 unspecified atom stereocenters. The van der Waals surface area contributed by atoms with Gasteiger partial charge < -0.3 is 14.7 Å².